The zero-order valence-corrected chi connectivity index (χ0v) is 15.5. The van der Waals surface area contributed by atoms with Gasteiger partial charge >= 0.3 is 6.18 Å². The maximum absolute atomic E-state index is 12.3. The molecule has 0 aromatic carbocycles. The van der Waals surface area contributed by atoms with E-state index in [2.05, 4.69) is 9.97 Å². The van der Waals surface area contributed by atoms with Gasteiger partial charge in [-0.15, -0.1) is 22.7 Å². The number of aliphatic hydroxyl groups excluding tert-OH is 1. The minimum atomic E-state index is -4.34. The molecule has 0 amide bonds. The van der Waals surface area contributed by atoms with E-state index >= 15 is 0 Å². The van der Waals surface area contributed by atoms with Crippen LogP contribution in [0.5, 0.6) is 0 Å². The van der Waals surface area contributed by atoms with Crippen molar-refractivity contribution in [3.8, 4) is 10.6 Å². The number of aryl methyl sites for hydroxylation is 1. The summed E-state index contributed by atoms with van der Waals surface area (Å²) in [6, 6.07) is 0. The van der Waals surface area contributed by atoms with Crippen LogP contribution in [0.25, 0.3) is 10.6 Å². The van der Waals surface area contributed by atoms with E-state index in [0.717, 1.165) is 16.3 Å². The van der Waals surface area contributed by atoms with Crippen molar-refractivity contribution in [2.24, 2.45) is 5.92 Å². The molecular weight excluding hydrogens is 389 g/mol. The maximum Gasteiger partial charge on any atom is 0.411 e. The Morgan fingerprint density at radius 3 is 2.69 bits per heavy atom. The van der Waals surface area contributed by atoms with Crippen molar-refractivity contribution in [3.63, 3.8) is 0 Å². The van der Waals surface area contributed by atoms with Gasteiger partial charge in [-0.25, -0.2) is 9.97 Å². The summed E-state index contributed by atoms with van der Waals surface area (Å²) < 4.78 is 41.0. The van der Waals surface area contributed by atoms with Gasteiger partial charge < -0.3 is 9.84 Å². The molecule has 1 aliphatic rings. The Morgan fingerprint density at radius 1 is 1.35 bits per heavy atom. The second-order valence-electron chi connectivity index (χ2n) is 6.17. The molecule has 0 spiro atoms. The molecule has 0 radical (unpaired) electrons. The number of hydrogen-bond acceptors (Lipinski definition) is 7. The molecule has 2 aromatic rings. The summed E-state index contributed by atoms with van der Waals surface area (Å²) in [5, 5.41) is 12.3. The quantitative estimate of drug-likeness (QED) is 0.762. The minimum Gasteiger partial charge on any atom is -0.389 e. The Labute approximate surface area is 155 Å². The summed E-state index contributed by atoms with van der Waals surface area (Å²) >= 11 is 2.73. The normalized spacial score (nSPS) is 20.2. The lowest BCUT2D eigenvalue weighted by Gasteiger charge is -2.34. The number of alkyl halides is 3. The molecular formula is C16H17F3N2O3S2. The van der Waals surface area contributed by atoms with Gasteiger partial charge in [-0.1, -0.05) is 0 Å². The number of rotatable bonds is 7. The fraction of sp³-hybridized carbons (Fsp3) is 0.562. The molecule has 0 saturated heterocycles. The highest BCUT2D eigenvalue weighted by molar-refractivity contribution is 7.16. The number of ketones is 1. The van der Waals surface area contributed by atoms with Crippen LogP contribution in [0.1, 0.15) is 28.6 Å². The lowest BCUT2D eigenvalue weighted by atomic mass is 9.78. The van der Waals surface area contributed by atoms with E-state index in [1.165, 1.54) is 22.7 Å². The number of hydrogen-bond donors (Lipinski definition) is 1. The first-order valence-corrected chi connectivity index (χ1v) is 9.67. The summed E-state index contributed by atoms with van der Waals surface area (Å²) in [6.07, 6.45) is -3.99. The van der Waals surface area contributed by atoms with Crippen LogP contribution in [0.4, 0.5) is 13.2 Å². The van der Waals surface area contributed by atoms with Crippen molar-refractivity contribution in [2.75, 3.05) is 6.61 Å². The lowest BCUT2D eigenvalue weighted by molar-refractivity contribution is -0.197. The van der Waals surface area contributed by atoms with E-state index in [1.54, 1.807) is 0 Å². The van der Waals surface area contributed by atoms with Gasteiger partial charge in [0.05, 0.1) is 35.4 Å². The van der Waals surface area contributed by atoms with Gasteiger partial charge in [-0.05, 0) is 19.8 Å². The van der Waals surface area contributed by atoms with Crippen molar-refractivity contribution < 1.29 is 27.8 Å². The smallest absolute Gasteiger partial charge is 0.389 e. The monoisotopic (exact) mass is 406 g/mol. The highest BCUT2D eigenvalue weighted by atomic mass is 32.1. The molecule has 2 heterocycles. The van der Waals surface area contributed by atoms with E-state index in [1.807, 2.05) is 12.3 Å². The molecule has 0 bridgehead atoms. The highest BCUT2D eigenvalue weighted by Gasteiger charge is 2.38. The van der Waals surface area contributed by atoms with Crippen LogP contribution in [0.3, 0.4) is 0 Å². The molecule has 142 valence electrons. The molecule has 0 aliphatic heterocycles. The Kier molecular flexibility index (Phi) is 5.75. The average Bonchev–Trinajstić information content (AvgIpc) is 3.10. The van der Waals surface area contributed by atoms with Crippen LogP contribution in [-0.2, 0) is 22.6 Å². The summed E-state index contributed by atoms with van der Waals surface area (Å²) in [5.41, 5.74) is 1.51. The molecule has 3 rings (SSSR count). The molecule has 1 aliphatic carbocycles. The number of aliphatic hydroxyl groups is 1. The van der Waals surface area contributed by atoms with Gasteiger partial charge in [0.2, 0.25) is 0 Å². The van der Waals surface area contributed by atoms with Crippen molar-refractivity contribution in [2.45, 2.75) is 45.1 Å². The fourth-order valence-electron chi connectivity index (χ4n) is 2.72. The van der Waals surface area contributed by atoms with E-state index in [0.29, 0.717) is 22.9 Å². The Bertz CT molecular complexity index is 782. The van der Waals surface area contributed by atoms with Gasteiger partial charge in [-0.3, -0.25) is 4.79 Å². The van der Waals surface area contributed by atoms with Gasteiger partial charge in [0.25, 0.3) is 0 Å². The lowest BCUT2D eigenvalue weighted by Crippen LogP contribution is -2.38. The summed E-state index contributed by atoms with van der Waals surface area (Å²) in [7, 11) is 0. The first-order valence-electron chi connectivity index (χ1n) is 7.98. The molecule has 1 fully saturated rings. The molecule has 26 heavy (non-hydrogen) atoms. The number of aromatic nitrogens is 2. The number of carbonyl (C=O) groups is 1. The molecule has 1 saturated carbocycles. The van der Waals surface area contributed by atoms with Gasteiger partial charge in [0, 0.05) is 11.3 Å². The topological polar surface area (TPSA) is 72.3 Å². The standard InChI is InChI=1S/C16H17F3N2O3S2/c1-8-15(26-14(5-22)20-8)11-6-25-13(21-11)4-12(23)9-2-10(3-9)24-7-16(17,18)19/h6,9-10,22H,2-5,7H2,1H3. The van der Waals surface area contributed by atoms with Crippen LogP contribution in [0.15, 0.2) is 5.38 Å². The Balaban J connectivity index is 1.52. The van der Waals surface area contributed by atoms with Crippen molar-refractivity contribution in [3.05, 3.63) is 21.1 Å². The van der Waals surface area contributed by atoms with Crippen LogP contribution in [0.2, 0.25) is 0 Å². The third-order valence-corrected chi connectivity index (χ3v) is 6.13. The van der Waals surface area contributed by atoms with Gasteiger partial charge in [0.1, 0.15) is 22.4 Å². The summed E-state index contributed by atoms with van der Waals surface area (Å²) in [6.45, 7) is 0.448. The van der Waals surface area contributed by atoms with E-state index in [-0.39, 0.29) is 24.7 Å². The van der Waals surface area contributed by atoms with Gasteiger partial charge in [-0.2, -0.15) is 13.2 Å². The maximum atomic E-state index is 12.3. The largest absolute Gasteiger partial charge is 0.411 e. The van der Waals surface area contributed by atoms with Crippen LogP contribution >= 0.6 is 22.7 Å². The third kappa shape index (κ3) is 4.67. The third-order valence-electron chi connectivity index (χ3n) is 4.12. The summed E-state index contributed by atoms with van der Waals surface area (Å²) in [4.78, 5) is 21.8. The van der Waals surface area contributed by atoms with Crippen LogP contribution in [0, 0.1) is 12.8 Å². The van der Waals surface area contributed by atoms with Crippen LogP contribution < -0.4 is 0 Å². The minimum absolute atomic E-state index is 0.0187. The predicted octanol–water partition coefficient (Wildman–Crippen LogP) is 3.54. The van der Waals surface area contributed by atoms with Crippen molar-refractivity contribution in [1.82, 2.24) is 9.97 Å². The van der Waals surface area contributed by atoms with E-state index in [9.17, 15) is 18.0 Å². The number of Topliss-reactive ketones (excluding diaryl/α,β-unsaturated/α-hetero) is 1. The number of ether oxygens (including phenoxy) is 1. The molecule has 0 atom stereocenters. The van der Waals surface area contributed by atoms with Crippen LogP contribution in [-0.4, -0.2) is 39.7 Å². The zero-order chi connectivity index (χ0) is 18.9. The number of thiazole rings is 2. The second kappa shape index (κ2) is 7.71. The number of carbonyl (C=O) groups excluding carboxylic acids is 1. The van der Waals surface area contributed by atoms with E-state index in [4.69, 9.17) is 9.84 Å². The summed E-state index contributed by atoms with van der Waals surface area (Å²) in [5.74, 6) is -0.276. The van der Waals surface area contributed by atoms with Crippen molar-refractivity contribution in [1.29, 1.82) is 0 Å². The SMILES string of the molecule is Cc1nc(CO)sc1-c1csc(CC(=O)C2CC(OCC(F)(F)F)C2)n1. The fourth-order valence-corrected chi connectivity index (χ4v) is 4.48. The average molecular weight is 406 g/mol. The molecule has 5 nitrogen and oxygen atoms in total. The first kappa shape index (κ1) is 19.4. The van der Waals surface area contributed by atoms with E-state index < -0.39 is 18.9 Å². The second-order valence-corrected chi connectivity index (χ2v) is 8.19. The molecule has 1 N–H and O–H groups in total. The van der Waals surface area contributed by atoms with Gasteiger partial charge in [0.15, 0.2) is 0 Å². The number of halogens is 3. The zero-order valence-electron chi connectivity index (χ0n) is 13.9. The number of nitrogens with zero attached hydrogens (tertiary/aromatic N) is 2. The molecule has 2 aromatic heterocycles. The predicted molar refractivity (Wildman–Crippen MR) is 91.1 cm³/mol. The first-order chi connectivity index (χ1) is 12.2. The molecule has 0 unspecified atom stereocenters. The highest BCUT2D eigenvalue weighted by Crippen LogP contribution is 2.34. The Morgan fingerprint density at radius 2 is 2.08 bits per heavy atom. The Hall–Kier alpha value is -1.36. The molecule has 10 heteroatoms. The van der Waals surface area contributed by atoms with Crippen molar-refractivity contribution >= 4 is 28.5 Å².